The second kappa shape index (κ2) is 6.37. The maximum absolute atomic E-state index is 12.4. The molecule has 0 fully saturated rings. The van der Waals surface area contributed by atoms with Crippen molar-refractivity contribution in [3.63, 3.8) is 0 Å². The number of nitrogens with two attached hydrogens (primary N) is 1. The second-order valence-corrected chi connectivity index (χ2v) is 3.71. The minimum absolute atomic E-state index is 0.0233. The van der Waals surface area contributed by atoms with Gasteiger partial charge in [0.15, 0.2) is 0 Å². The minimum atomic E-state index is -4.48. The molecule has 1 aromatic heterocycles. The van der Waals surface area contributed by atoms with Gasteiger partial charge in [-0.05, 0) is 6.07 Å². The van der Waals surface area contributed by atoms with Gasteiger partial charge in [-0.15, -0.1) is 0 Å². The van der Waals surface area contributed by atoms with Crippen molar-refractivity contribution >= 4 is 5.91 Å². The quantitative estimate of drug-likeness (QED) is 0.873. The largest absolute Gasteiger partial charge is 0.494 e. The molecule has 1 amide bonds. The van der Waals surface area contributed by atoms with Gasteiger partial charge in [-0.1, -0.05) is 0 Å². The summed E-state index contributed by atoms with van der Waals surface area (Å²) in [4.78, 5) is 16.4. The van der Waals surface area contributed by atoms with E-state index in [9.17, 15) is 18.0 Å². The van der Waals surface area contributed by atoms with Crippen LogP contribution in [0.1, 0.15) is 10.4 Å². The van der Waals surface area contributed by atoms with E-state index >= 15 is 0 Å². The van der Waals surface area contributed by atoms with Gasteiger partial charge in [0.1, 0.15) is 12.3 Å². The fourth-order valence-electron chi connectivity index (χ4n) is 1.51. The summed E-state index contributed by atoms with van der Waals surface area (Å²) in [7, 11) is 1.31. The monoisotopic (exact) mass is 277 g/mol. The molecule has 2 N–H and O–H groups in total. The zero-order valence-corrected chi connectivity index (χ0v) is 10.3. The van der Waals surface area contributed by atoms with Crippen molar-refractivity contribution in [2.45, 2.75) is 6.18 Å². The molecule has 0 bridgehead atoms. The molecule has 1 rings (SSSR count). The highest BCUT2D eigenvalue weighted by molar-refractivity contribution is 5.96. The SMILES string of the molecule is COc1cnccc1C(=O)N(CCN)CC(F)(F)F. The van der Waals surface area contributed by atoms with Crippen LogP contribution in [-0.2, 0) is 0 Å². The standard InChI is InChI=1S/C11H14F3N3O2/c1-19-9-6-16-4-2-8(9)10(18)17(5-3-15)7-11(12,13)14/h2,4,6H,3,5,7,15H2,1H3. The van der Waals surface area contributed by atoms with Crippen LogP contribution in [0.3, 0.4) is 0 Å². The Hall–Kier alpha value is -1.83. The topological polar surface area (TPSA) is 68.5 Å². The number of nitrogens with zero attached hydrogens (tertiary/aromatic N) is 2. The van der Waals surface area contributed by atoms with Crippen LogP contribution in [0.4, 0.5) is 13.2 Å². The fourth-order valence-corrected chi connectivity index (χ4v) is 1.51. The molecule has 0 aliphatic carbocycles. The number of pyridine rings is 1. The molecule has 0 atom stereocenters. The molecule has 0 aliphatic rings. The lowest BCUT2D eigenvalue weighted by Gasteiger charge is -2.23. The molecule has 0 aliphatic heterocycles. The molecule has 8 heteroatoms. The van der Waals surface area contributed by atoms with Gasteiger partial charge in [0.2, 0.25) is 0 Å². The van der Waals surface area contributed by atoms with E-state index in [2.05, 4.69) is 4.98 Å². The first-order chi connectivity index (χ1) is 8.89. The first-order valence-electron chi connectivity index (χ1n) is 5.43. The smallest absolute Gasteiger partial charge is 0.406 e. The van der Waals surface area contributed by atoms with Crippen LogP contribution >= 0.6 is 0 Å². The van der Waals surface area contributed by atoms with E-state index in [-0.39, 0.29) is 24.4 Å². The fraction of sp³-hybridized carbons (Fsp3) is 0.455. The van der Waals surface area contributed by atoms with E-state index in [0.29, 0.717) is 4.90 Å². The van der Waals surface area contributed by atoms with Crippen LogP contribution in [-0.4, -0.2) is 48.7 Å². The number of hydrogen-bond donors (Lipinski definition) is 1. The van der Waals surface area contributed by atoms with Crippen LogP contribution in [0.15, 0.2) is 18.5 Å². The Kier molecular flexibility index (Phi) is 5.11. The van der Waals surface area contributed by atoms with E-state index in [0.717, 1.165) is 0 Å². The maximum atomic E-state index is 12.4. The molecule has 0 unspecified atom stereocenters. The Morgan fingerprint density at radius 3 is 2.74 bits per heavy atom. The molecule has 1 heterocycles. The predicted octanol–water partition coefficient (Wildman–Crippen LogP) is 1.05. The lowest BCUT2D eigenvalue weighted by atomic mass is 10.2. The summed E-state index contributed by atoms with van der Waals surface area (Å²) in [6, 6.07) is 1.31. The first-order valence-corrected chi connectivity index (χ1v) is 5.43. The van der Waals surface area contributed by atoms with Crippen molar-refractivity contribution in [1.29, 1.82) is 0 Å². The van der Waals surface area contributed by atoms with Crippen molar-refractivity contribution in [2.75, 3.05) is 26.7 Å². The number of hydrogen-bond acceptors (Lipinski definition) is 4. The average Bonchev–Trinajstić information content (AvgIpc) is 2.36. The number of alkyl halides is 3. The molecule has 19 heavy (non-hydrogen) atoms. The summed E-state index contributed by atoms with van der Waals surface area (Å²) < 4.78 is 42.1. The number of carbonyl (C=O) groups excluding carboxylic acids is 1. The third kappa shape index (κ3) is 4.40. The first kappa shape index (κ1) is 15.2. The van der Waals surface area contributed by atoms with E-state index in [4.69, 9.17) is 10.5 Å². The number of ether oxygens (including phenoxy) is 1. The third-order valence-electron chi connectivity index (χ3n) is 2.29. The lowest BCUT2D eigenvalue weighted by molar-refractivity contribution is -0.140. The van der Waals surface area contributed by atoms with Gasteiger partial charge in [0.25, 0.3) is 5.91 Å². The molecule has 5 nitrogen and oxygen atoms in total. The summed E-state index contributed by atoms with van der Waals surface area (Å²) in [5.41, 5.74) is 5.25. The highest BCUT2D eigenvalue weighted by Crippen LogP contribution is 2.21. The van der Waals surface area contributed by atoms with E-state index < -0.39 is 18.6 Å². The molecule has 0 aromatic carbocycles. The maximum Gasteiger partial charge on any atom is 0.406 e. The van der Waals surface area contributed by atoms with Gasteiger partial charge < -0.3 is 15.4 Å². The van der Waals surface area contributed by atoms with Crippen LogP contribution in [0, 0.1) is 0 Å². The van der Waals surface area contributed by atoms with Gasteiger partial charge in [-0.25, -0.2) is 0 Å². The Balaban J connectivity index is 2.99. The van der Waals surface area contributed by atoms with E-state index in [1.54, 1.807) is 0 Å². The Morgan fingerprint density at radius 2 is 2.21 bits per heavy atom. The minimum Gasteiger partial charge on any atom is -0.494 e. The Morgan fingerprint density at radius 1 is 1.53 bits per heavy atom. The summed E-state index contributed by atoms with van der Waals surface area (Å²) in [6.07, 6.45) is -1.91. The number of amides is 1. The number of halogens is 3. The van der Waals surface area contributed by atoms with Crippen molar-refractivity contribution in [1.82, 2.24) is 9.88 Å². The van der Waals surface area contributed by atoms with Crippen molar-refractivity contribution in [2.24, 2.45) is 5.73 Å². The zero-order chi connectivity index (χ0) is 14.5. The van der Waals surface area contributed by atoms with Gasteiger partial charge in [-0.3, -0.25) is 9.78 Å². The summed E-state index contributed by atoms with van der Waals surface area (Å²) in [5.74, 6) is -0.668. The summed E-state index contributed by atoms with van der Waals surface area (Å²) in [6.45, 7) is -1.60. The van der Waals surface area contributed by atoms with Gasteiger partial charge in [-0.2, -0.15) is 13.2 Å². The Bertz CT molecular complexity index is 437. The lowest BCUT2D eigenvalue weighted by Crippen LogP contribution is -2.41. The van der Waals surface area contributed by atoms with Crippen LogP contribution in [0.25, 0.3) is 0 Å². The number of aromatic nitrogens is 1. The molecule has 1 aromatic rings. The van der Waals surface area contributed by atoms with Gasteiger partial charge in [0, 0.05) is 19.3 Å². The number of rotatable bonds is 5. The van der Waals surface area contributed by atoms with Crippen LogP contribution in [0.2, 0.25) is 0 Å². The number of methoxy groups -OCH3 is 1. The summed E-state index contributed by atoms with van der Waals surface area (Å²) in [5, 5.41) is 0. The highest BCUT2D eigenvalue weighted by Gasteiger charge is 2.33. The molecule has 106 valence electrons. The van der Waals surface area contributed by atoms with Crippen molar-refractivity contribution in [3.05, 3.63) is 24.0 Å². The second-order valence-electron chi connectivity index (χ2n) is 3.71. The highest BCUT2D eigenvalue weighted by atomic mass is 19.4. The summed E-state index contributed by atoms with van der Waals surface area (Å²) >= 11 is 0. The van der Waals surface area contributed by atoms with Gasteiger partial charge >= 0.3 is 6.18 Å². The van der Waals surface area contributed by atoms with Crippen molar-refractivity contribution < 1.29 is 22.7 Å². The average molecular weight is 277 g/mol. The molecule has 0 spiro atoms. The molecule has 0 radical (unpaired) electrons. The van der Waals surface area contributed by atoms with Gasteiger partial charge in [0.05, 0.1) is 18.9 Å². The normalized spacial score (nSPS) is 11.2. The molecular formula is C11H14F3N3O2. The zero-order valence-electron chi connectivity index (χ0n) is 10.3. The number of carbonyl (C=O) groups is 1. The van der Waals surface area contributed by atoms with Crippen LogP contribution < -0.4 is 10.5 Å². The van der Waals surface area contributed by atoms with Crippen molar-refractivity contribution in [3.8, 4) is 5.75 Å². The van der Waals surface area contributed by atoms with E-state index in [1.165, 1.54) is 25.6 Å². The van der Waals surface area contributed by atoms with E-state index in [1.807, 2.05) is 0 Å². The molecular weight excluding hydrogens is 263 g/mol. The third-order valence-corrected chi connectivity index (χ3v) is 2.29. The Labute approximate surface area is 108 Å². The molecule has 0 saturated heterocycles. The van der Waals surface area contributed by atoms with Crippen LogP contribution in [0.5, 0.6) is 5.75 Å². The molecule has 0 saturated carbocycles. The predicted molar refractivity (Wildman–Crippen MR) is 61.8 cm³/mol.